The molecule has 98 valence electrons. The molecule has 1 atom stereocenters. The Balaban J connectivity index is 1.74. The zero-order valence-corrected chi connectivity index (χ0v) is 10.7. The van der Waals surface area contributed by atoms with E-state index in [2.05, 4.69) is 11.1 Å². The lowest BCUT2D eigenvalue weighted by Gasteiger charge is -2.22. The predicted octanol–water partition coefficient (Wildman–Crippen LogP) is 3.03. The first-order chi connectivity index (χ1) is 9.33. The lowest BCUT2D eigenvalue weighted by Crippen LogP contribution is -2.09. The first kappa shape index (κ1) is 12.2. The van der Waals surface area contributed by atoms with Gasteiger partial charge in [0.05, 0.1) is 6.10 Å². The summed E-state index contributed by atoms with van der Waals surface area (Å²) in [5.41, 5.74) is 3.31. The van der Waals surface area contributed by atoms with Crippen LogP contribution in [0.15, 0.2) is 42.7 Å². The Labute approximate surface area is 112 Å². The van der Waals surface area contributed by atoms with Crippen molar-refractivity contribution in [2.75, 3.05) is 0 Å². The fourth-order valence-electron chi connectivity index (χ4n) is 2.49. The fraction of sp³-hybridized carbons (Fsp3) is 0.312. The Kier molecular flexibility index (Phi) is 3.47. The molecule has 1 N–H and O–H groups in total. The number of aliphatic hydroxyl groups is 1. The molecular formula is C16H17NO2. The molecule has 0 spiro atoms. The fourth-order valence-corrected chi connectivity index (χ4v) is 2.49. The van der Waals surface area contributed by atoms with Crippen molar-refractivity contribution in [1.82, 2.24) is 4.98 Å². The molecule has 0 saturated carbocycles. The first-order valence-electron chi connectivity index (χ1n) is 6.65. The number of aliphatic hydroxyl groups excluding tert-OH is 1. The Morgan fingerprint density at radius 2 is 2.26 bits per heavy atom. The van der Waals surface area contributed by atoms with Gasteiger partial charge in [0.2, 0.25) is 0 Å². The van der Waals surface area contributed by atoms with E-state index >= 15 is 0 Å². The van der Waals surface area contributed by atoms with Crippen molar-refractivity contribution in [1.29, 1.82) is 0 Å². The Morgan fingerprint density at radius 3 is 3.11 bits per heavy atom. The van der Waals surface area contributed by atoms with Crippen LogP contribution in [0.1, 0.15) is 35.6 Å². The summed E-state index contributed by atoms with van der Waals surface area (Å²) >= 11 is 0. The van der Waals surface area contributed by atoms with E-state index < -0.39 is 0 Å². The largest absolute Gasteiger partial charge is 0.489 e. The standard InChI is InChI=1S/C16H17NO2/c18-16-5-1-4-13-6-7-14(9-15(13)16)19-11-12-3-2-8-17-10-12/h2-3,6-10,16,18H,1,4-5,11H2/t16-/m0/s1. The van der Waals surface area contributed by atoms with Gasteiger partial charge in [0, 0.05) is 18.0 Å². The molecule has 0 saturated heterocycles. The van der Waals surface area contributed by atoms with E-state index in [4.69, 9.17) is 4.74 Å². The average molecular weight is 255 g/mol. The van der Waals surface area contributed by atoms with Crippen LogP contribution in [0.3, 0.4) is 0 Å². The summed E-state index contributed by atoms with van der Waals surface area (Å²) in [5.74, 6) is 0.809. The van der Waals surface area contributed by atoms with E-state index in [0.29, 0.717) is 6.61 Å². The smallest absolute Gasteiger partial charge is 0.120 e. The molecule has 3 nitrogen and oxygen atoms in total. The van der Waals surface area contributed by atoms with Crippen molar-refractivity contribution in [3.63, 3.8) is 0 Å². The van der Waals surface area contributed by atoms with Crippen molar-refractivity contribution in [2.24, 2.45) is 0 Å². The lowest BCUT2D eigenvalue weighted by atomic mass is 9.89. The van der Waals surface area contributed by atoms with Gasteiger partial charge in [-0.3, -0.25) is 4.98 Å². The Bertz CT molecular complexity index is 554. The summed E-state index contributed by atoms with van der Waals surface area (Å²) in [6.07, 6.45) is 6.16. The van der Waals surface area contributed by atoms with Crippen LogP contribution in [-0.4, -0.2) is 10.1 Å². The van der Waals surface area contributed by atoms with Gasteiger partial charge in [-0.25, -0.2) is 0 Å². The number of rotatable bonds is 3. The highest BCUT2D eigenvalue weighted by atomic mass is 16.5. The zero-order valence-electron chi connectivity index (χ0n) is 10.7. The van der Waals surface area contributed by atoms with Crippen molar-refractivity contribution in [2.45, 2.75) is 32.0 Å². The van der Waals surface area contributed by atoms with Gasteiger partial charge in [0.1, 0.15) is 12.4 Å². The molecule has 1 aliphatic carbocycles. The highest BCUT2D eigenvalue weighted by Crippen LogP contribution is 2.32. The molecule has 0 unspecified atom stereocenters. The minimum Gasteiger partial charge on any atom is -0.489 e. The normalized spacial score (nSPS) is 17.8. The molecule has 2 aromatic rings. The average Bonchev–Trinajstić information content (AvgIpc) is 2.47. The van der Waals surface area contributed by atoms with Crippen molar-refractivity contribution < 1.29 is 9.84 Å². The monoisotopic (exact) mass is 255 g/mol. The topological polar surface area (TPSA) is 42.4 Å². The second kappa shape index (κ2) is 5.41. The molecule has 0 aliphatic heterocycles. The van der Waals surface area contributed by atoms with Gasteiger partial charge >= 0.3 is 0 Å². The third-order valence-electron chi connectivity index (χ3n) is 3.53. The van der Waals surface area contributed by atoms with Gasteiger partial charge in [-0.05, 0) is 48.6 Å². The summed E-state index contributed by atoms with van der Waals surface area (Å²) in [6.45, 7) is 0.503. The van der Waals surface area contributed by atoms with E-state index in [1.165, 1.54) is 5.56 Å². The summed E-state index contributed by atoms with van der Waals surface area (Å²) in [6, 6.07) is 9.90. The molecule has 1 aliphatic rings. The maximum atomic E-state index is 10.0. The number of nitrogens with zero attached hydrogens (tertiary/aromatic N) is 1. The SMILES string of the molecule is O[C@H]1CCCc2ccc(OCc3cccnc3)cc21. The summed E-state index contributed by atoms with van der Waals surface area (Å²) in [5, 5.41) is 10.0. The van der Waals surface area contributed by atoms with Gasteiger partial charge in [0.25, 0.3) is 0 Å². The molecule has 0 amide bonds. The quantitative estimate of drug-likeness (QED) is 0.916. The van der Waals surface area contributed by atoms with Crippen LogP contribution in [-0.2, 0) is 13.0 Å². The number of aromatic nitrogens is 1. The van der Waals surface area contributed by atoms with Gasteiger partial charge in [-0.1, -0.05) is 12.1 Å². The van der Waals surface area contributed by atoms with E-state index in [9.17, 15) is 5.11 Å². The molecular weight excluding hydrogens is 238 g/mol. The van der Waals surface area contributed by atoms with E-state index in [0.717, 1.165) is 36.1 Å². The van der Waals surface area contributed by atoms with Crippen molar-refractivity contribution in [3.05, 3.63) is 59.4 Å². The van der Waals surface area contributed by atoms with Crippen LogP contribution in [0.2, 0.25) is 0 Å². The van der Waals surface area contributed by atoms with E-state index in [1.54, 1.807) is 12.4 Å². The molecule has 0 fully saturated rings. The number of benzene rings is 1. The van der Waals surface area contributed by atoms with Crippen molar-refractivity contribution in [3.8, 4) is 5.75 Å². The Hall–Kier alpha value is -1.87. The lowest BCUT2D eigenvalue weighted by molar-refractivity contribution is 0.156. The van der Waals surface area contributed by atoms with Gasteiger partial charge in [-0.2, -0.15) is 0 Å². The predicted molar refractivity (Wildman–Crippen MR) is 72.9 cm³/mol. The van der Waals surface area contributed by atoms with Crippen LogP contribution in [0.4, 0.5) is 0 Å². The molecule has 0 radical (unpaired) electrons. The molecule has 1 aromatic carbocycles. The number of aryl methyl sites for hydroxylation is 1. The summed E-state index contributed by atoms with van der Waals surface area (Å²) in [4.78, 5) is 4.06. The van der Waals surface area contributed by atoms with Crippen LogP contribution in [0.5, 0.6) is 5.75 Å². The molecule has 1 aromatic heterocycles. The maximum absolute atomic E-state index is 10.0. The van der Waals surface area contributed by atoms with Crippen molar-refractivity contribution >= 4 is 0 Å². The molecule has 3 rings (SSSR count). The van der Waals surface area contributed by atoms with Gasteiger partial charge < -0.3 is 9.84 Å². The number of fused-ring (bicyclic) bond motifs is 1. The molecule has 1 heterocycles. The van der Waals surface area contributed by atoms with E-state index in [1.807, 2.05) is 24.3 Å². The highest BCUT2D eigenvalue weighted by Gasteiger charge is 2.18. The summed E-state index contributed by atoms with van der Waals surface area (Å²) < 4.78 is 5.76. The second-order valence-corrected chi connectivity index (χ2v) is 4.92. The molecule has 3 heteroatoms. The zero-order chi connectivity index (χ0) is 13.1. The minimum atomic E-state index is -0.342. The number of hydrogen-bond donors (Lipinski definition) is 1. The Morgan fingerprint density at radius 1 is 1.32 bits per heavy atom. The summed E-state index contributed by atoms with van der Waals surface area (Å²) in [7, 11) is 0. The number of ether oxygens (including phenoxy) is 1. The molecule has 19 heavy (non-hydrogen) atoms. The van der Waals surface area contributed by atoms with Crippen LogP contribution < -0.4 is 4.74 Å². The third-order valence-corrected chi connectivity index (χ3v) is 3.53. The van der Waals surface area contributed by atoms with E-state index in [-0.39, 0.29) is 6.10 Å². The van der Waals surface area contributed by atoms with Crippen LogP contribution in [0, 0.1) is 0 Å². The number of hydrogen-bond acceptors (Lipinski definition) is 3. The second-order valence-electron chi connectivity index (χ2n) is 4.92. The minimum absolute atomic E-state index is 0.342. The molecule has 0 bridgehead atoms. The van der Waals surface area contributed by atoms with Crippen LogP contribution in [0.25, 0.3) is 0 Å². The highest BCUT2D eigenvalue weighted by molar-refractivity contribution is 5.38. The van der Waals surface area contributed by atoms with Gasteiger partial charge in [-0.15, -0.1) is 0 Å². The first-order valence-corrected chi connectivity index (χ1v) is 6.65. The van der Waals surface area contributed by atoms with Gasteiger partial charge in [0.15, 0.2) is 0 Å². The maximum Gasteiger partial charge on any atom is 0.120 e. The number of pyridine rings is 1. The van der Waals surface area contributed by atoms with Crippen LogP contribution >= 0.6 is 0 Å². The third kappa shape index (κ3) is 2.76.